The molecule has 0 aliphatic rings. The molecule has 21 heavy (non-hydrogen) atoms. The maximum absolute atomic E-state index is 10.2. The molecule has 0 aliphatic carbocycles. The first-order chi connectivity index (χ1) is 9.88. The van der Waals surface area contributed by atoms with E-state index in [9.17, 15) is 5.11 Å². The molecule has 1 aromatic carbocycles. The Bertz CT molecular complexity index is 589. The molecule has 0 aliphatic heterocycles. The number of nitrogens with one attached hydrogen (secondary N) is 2. The van der Waals surface area contributed by atoms with Crippen molar-refractivity contribution in [1.82, 2.24) is 15.5 Å². The second-order valence-corrected chi connectivity index (χ2v) is 6.66. The van der Waals surface area contributed by atoms with E-state index in [2.05, 4.69) is 36.3 Å². The Morgan fingerprint density at radius 3 is 2.81 bits per heavy atom. The molecule has 0 saturated carbocycles. The van der Waals surface area contributed by atoms with Crippen molar-refractivity contribution in [3.8, 4) is 0 Å². The van der Waals surface area contributed by atoms with Crippen molar-refractivity contribution in [1.29, 1.82) is 0 Å². The summed E-state index contributed by atoms with van der Waals surface area (Å²) in [5.41, 5.74) is 3.09. The molecule has 0 spiro atoms. The van der Waals surface area contributed by atoms with E-state index in [-0.39, 0.29) is 5.41 Å². The lowest BCUT2D eigenvalue weighted by atomic mass is 9.89. The number of H-pyrrole nitrogens is 1. The number of aliphatic hydroxyl groups is 1. The number of aromatic amines is 1. The number of rotatable bonds is 5. The van der Waals surface area contributed by atoms with Gasteiger partial charge in [0.2, 0.25) is 0 Å². The number of nitrogens with zero attached hydrogens (tertiary/aromatic N) is 1. The Morgan fingerprint density at radius 2 is 2.14 bits per heavy atom. The second kappa shape index (κ2) is 6.60. The van der Waals surface area contributed by atoms with E-state index in [4.69, 9.17) is 11.6 Å². The highest BCUT2D eigenvalue weighted by molar-refractivity contribution is 6.30. The van der Waals surface area contributed by atoms with Gasteiger partial charge in [-0.2, -0.15) is 5.10 Å². The summed E-state index contributed by atoms with van der Waals surface area (Å²) in [5, 5.41) is 21.2. The molecule has 5 heteroatoms. The van der Waals surface area contributed by atoms with Crippen LogP contribution in [0, 0.1) is 0 Å². The molecule has 3 N–H and O–H groups in total. The van der Waals surface area contributed by atoms with Crippen LogP contribution in [0.4, 0.5) is 0 Å². The lowest BCUT2D eigenvalue weighted by Gasteiger charge is -2.19. The number of benzene rings is 1. The summed E-state index contributed by atoms with van der Waals surface area (Å²) in [6.45, 7) is 7.57. The highest BCUT2D eigenvalue weighted by Crippen LogP contribution is 2.23. The third-order valence-electron chi connectivity index (χ3n) is 3.35. The predicted octanol–water partition coefficient (Wildman–Crippen LogP) is 3.18. The van der Waals surface area contributed by atoms with Crippen LogP contribution >= 0.6 is 11.6 Å². The number of hydrogen-bond acceptors (Lipinski definition) is 3. The van der Waals surface area contributed by atoms with Gasteiger partial charge in [0.25, 0.3) is 0 Å². The maximum atomic E-state index is 10.2. The first-order valence-electron chi connectivity index (χ1n) is 7.05. The Morgan fingerprint density at radius 1 is 1.38 bits per heavy atom. The van der Waals surface area contributed by atoms with Crippen LogP contribution in [0.3, 0.4) is 0 Å². The van der Waals surface area contributed by atoms with E-state index < -0.39 is 6.10 Å². The monoisotopic (exact) mass is 307 g/mol. The van der Waals surface area contributed by atoms with Crippen LogP contribution in [0.5, 0.6) is 0 Å². The normalized spacial score (nSPS) is 13.4. The second-order valence-electron chi connectivity index (χ2n) is 6.22. The first-order valence-corrected chi connectivity index (χ1v) is 7.42. The van der Waals surface area contributed by atoms with Crippen LogP contribution in [0.1, 0.15) is 43.7 Å². The predicted molar refractivity (Wildman–Crippen MR) is 85.4 cm³/mol. The third-order valence-corrected chi connectivity index (χ3v) is 3.59. The average Bonchev–Trinajstić information content (AvgIpc) is 2.87. The van der Waals surface area contributed by atoms with Crippen molar-refractivity contribution in [2.45, 2.75) is 38.8 Å². The molecule has 0 radical (unpaired) electrons. The molecule has 0 unspecified atom stereocenters. The summed E-state index contributed by atoms with van der Waals surface area (Å²) in [6, 6.07) is 7.30. The summed E-state index contributed by atoms with van der Waals surface area (Å²) < 4.78 is 0. The van der Waals surface area contributed by atoms with Crippen LogP contribution in [-0.4, -0.2) is 21.8 Å². The summed E-state index contributed by atoms with van der Waals surface area (Å²) in [7, 11) is 0. The van der Waals surface area contributed by atoms with Gasteiger partial charge in [0.1, 0.15) is 0 Å². The van der Waals surface area contributed by atoms with Crippen LogP contribution in [0.15, 0.2) is 30.5 Å². The minimum Gasteiger partial charge on any atom is -0.387 e. The zero-order chi connectivity index (χ0) is 15.5. The van der Waals surface area contributed by atoms with Gasteiger partial charge in [0.15, 0.2) is 0 Å². The number of aromatic nitrogens is 2. The molecule has 0 amide bonds. The van der Waals surface area contributed by atoms with Gasteiger partial charge < -0.3 is 10.4 Å². The van der Waals surface area contributed by atoms with Gasteiger partial charge in [-0.25, -0.2) is 0 Å². The third kappa shape index (κ3) is 4.30. The van der Waals surface area contributed by atoms with Crippen molar-refractivity contribution >= 4 is 11.6 Å². The molecule has 2 aromatic rings. The van der Waals surface area contributed by atoms with Crippen LogP contribution in [-0.2, 0) is 12.0 Å². The summed E-state index contributed by atoms with van der Waals surface area (Å²) in [4.78, 5) is 0. The van der Waals surface area contributed by atoms with Gasteiger partial charge >= 0.3 is 0 Å². The number of aliphatic hydroxyl groups excluding tert-OH is 1. The molecular weight excluding hydrogens is 286 g/mol. The number of halogens is 1. The van der Waals surface area contributed by atoms with Crippen LogP contribution in [0.25, 0.3) is 0 Å². The van der Waals surface area contributed by atoms with E-state index in [1.807, 2.05) is 18.3 Å². The summed E-state index contributed by atoms with van der Waals surface area (Å²) >= 11 is 5.93. The van der Waals surface area contributed by atoms with Crippen LogP contribution in [0.2, 0.25) is 5.02 Å². The van der Waals surface area contributed by atoms with Crippen molar-refractivity contribution in [3.05, 3.63) is 52.3 Å². The minimum absolute atomic E-state index is 0.0269. The van der Waals surface area contributed by atoms with E-state index in [0.29, 0.717) is 18.1 Å². The van der Waals surface area contributed by atoms with Gasteiger partial charge in [-0.1, -0.05) is 44.5 Å². The fourth-order valence-electron chi connectivity index (χ4n) is 2.27. The first kappa shape index (κ1) is 16.0. The van der Waals surface area contributed by atoms with Gasteiger partial charge in [-0.15, -0.1) is 0 Å². The smallest absolute Gasteiger partial charge is 0.0915 e. The molecule has 1 aromatic heterocycles. The Kier molecular flexibility index (Phi) is 5.04. The highest BCUT2D eigenvalue weighted by atomic mass is 35.5. The van der Waals surface area contributed by atoms with E-state index >= 15 is 0 Å². The van der Waals surface area contributed by atoms with Crippen molar-refractivity contribution in [3.63, 3.8) is 0 Å². The van der Waals surface area contributed by atoms with Crippen LogP contribution < -0.4 is 5.32 Å². The zero-order valence-electron chi connectivity index (χ0n) is 12.7. The minimum atomic E-state index is -0.575. The molecule has 2 rings (SSSR count). The van der Waals surface area contributed by atoms with E-state index in [1.165, 1.54) is 0 Å². The van der Waals surface area contributed by atoms with Crippen molar-refractivity contribution in [2.75, 3.05) is 6.54 Å². The topological polar surface area (TPSA) is 60.9 Å². The fraction of sp³-hybridized carbons (Fsp3) is 0.438. The van der Waals surface area contributed by atoms with Gasteiger partial charge in [0.05, 0.1) is 12.3 Å². The molecular formula is C16H22ClN3O. The molecule has 0 fully saturated rings. The molecule has 114 valence electrons. The quantitative estimate of drug-likeness (QED) is 0.795. The molecule has 1 heterocycles. The largest absolute Gasteiger partial charge is 0.387 e. The zero-order valence-corrected chi connectivity index (χ0v) is 13.4. The van der Waals surface area contributed by atoms with Gasteiger partial charge in [-0.05, 0) is 17.7 Å². The lowest BCUT2D eigenvalue weighted by molar-refractivity contribution is 0.174. The highest BCUT2D eigenvalue weighted by Gasteiger charge is 2.19. The molecule has 0 saturated heterocycles. The van der Waals surface area contributed by atoms with Gasteiger partial charge in [0, 0.05) is 34.8 Å². The fourth-order valence-corrected chi connectivity index (χ4v) is 2.47. The SMILES string of the molecule is CC(C)(C)c1[nH]ncc1CNC[C@H](O)c1cccc(Cl)c1. The Hall–Kier alpha value is -1.36. The van der Waals surface area contributed by atoms with Crippen molar-refractivity contribution in [2.24, 2.45) is 0 Å². The standard InChI is InChI=1S/C16H22ClN3O/c1-16(2,3)15-12(9-19-20-15)8-18-10-14(21)11-5-4-6-13(17)7-11/h4-7,9,14,18,21H,8,10H2,1-3H3,(H,19,20)/t14-/m0/s1. The molecule has 1 atom stereocenters. The Balaban J connectivity index is 1.92. The lowest BCUT2D eigenvalue weighted by Crippen LogP contribution is -2.23. The Labute approximate surface area is 130 Å². The van der Waals surface area contributed by atoms with Crippen molar-refractivity contribution < 1.29 is 5.11 Å². The average molecular weight is 308 g/mol. The van der Waals surface area contributed by atoms with E-state index in [0.717, 1.165) is 16.8 Å². The van der Waals surface area contributed by atoms with E-state index in [1.54, 1.807) is 12.1 Å². The number of hydrogen-bond donors (Lipinski definition) is 3. The molecule has 0 bridgehead atoms. The summed E-state index contributed by atoms with van der Waals surface area (Å²) in [5.74, 6) is 0. The molecule has 4 nitrogen and oxygen atoms in total. The summed E-state index contributed by atoms with van der Waals surface area (Å²) in [6.07, 6.45) is 1.26. The van der Waals surface area contributed by atoms with Gasteiger partial charge in [-0.3, -0.25) is 5.10 Å². The maximum Gasteiger partial charge on any atom is 0.0915 e.